The molecule has 0 fully saturated rings. The van der Waals surface area contributed by atoms with Crippen molar-refractivity contribution in [3.8, 4) is 11.5 Å². The van der Waals surface area contributed by atoms with Crippen LogP contribution >= 0.6 is 0 Å². The number of nitrogens with zero attached hydrogens (tertiary/aromatic N) is 1. The molecule has 26 heavy (non-hydrogen) atoms. The zero-order valence-electron chi connectivity index (χ0n) is 14.9. The second-order valence-electron chi connectivity index (χ2n) is 6.39. The second kappa shape index (κ2) is 7.47. The molecule has 1 aliphatic rings. The van der Waals surface area contributed by atoms with E-state index in [9.17, 15) is 15.2 Å². The maximum absolute atomic E-state index is 11.9. The molecule has 2 aromatic rings. The number of benzene rings is 2. The number of aromatic hydroxyl groups is 1. The van der Waals surface area contributed by atoms with Crippen LogP contribution in [0.15, 0.2) is 54.0 Å². The Kier molecular flexibility index (Phi) is 5.11. The summed E-state index contributed by atoms with van der Waals surface area (Å²) >= 11 is 0. The van der Waals surface area contributed by atoms with Gasteiger partial charge in [-0.3, -0.25) is 10.1 Å². The Labute approximate surface area is 152 Å². The second-order valence-corrected chi connectivity index (χ2v) is 6.39. The molecule has 0 amide bonds. The largest absolute Gasteiger partial charge is 0.508 e. The van der Waals surface area contributed by atoms with E-state index in [4.69, 9.17) is 4.74 Å². The zero-order chi connectivity index (χ0) is 18.7. The number of allylic oxidation sites excluding steroid dienone is 1. The molecule has 1 unspecified atom stereocenters. The van der Waals surface area contributed by atoms with Crippen molar-refractivity contribution in [1.82, 2.24) is 5.32 Å². The van der Waals surface area contributed by atoms with Crippen LogP contribution in [0.1, 0.15) is 42.4 Å². The van der Waals surface area contributed by atoms with Gasteiger partial charge in [0.1, 0.15) is 17.4 Å². The molecule has 6 nitrogen and oxygen atoms in total. The summed E-state index contributed by atoms with van der Waals surface area (Å²) in [4.78, 5) is 11.5. The highest BCUT2D eigenvalue weighted by atomic mass is 16.6. The van der Waals surface area contributed by atoms with Crippen LogP contribution in [0.4, 0.5) is 0 Å². The van der Waals surface area contributed by atoms with E-state index in [0.717, 1.165) is 18.4 Å². The predicted molar refractivity (Wildman–Crippen MR) is 98.7 cm³/mol. The number of nitrogens with one attached hydrogen (secondary N) is 1. The van der Waals surface area contributed by atoms with Gasteiger partial charge in [0.05, 0.1) is 4.92 Å². The monoisotopic (exact) mass is 354 g/mol. The fourth-order valence-electron chi connectivity index (χ4n) is 3.17. The third-order valence-corrected chi connectivity index (χ3v) is 4.45. The molecule has 136 valence electrons. The van der Waals surface area contributed by atoms with Gasteiger partial charge in [-0.25, -0.2) is 0 Å². The number of hydrogen-bond acceptors (Lipinski definition) is 5. The van der Waals surface area contributed by atoms with Gasteiger partial charge in [0.25, 0.3) is 5.88 Å². The Morgan fingerprint density at radius 1 is 1.23 bits per heavy atom. The lowest BCUT2D eigenvalue weighted by atomic mass is 9.85. The molecule has 1 aliphatic heterocycles. The molecule has 1 heterocycles. The smallest absolute Gasteiger partial charge is 0.317 e. The van der Waals surface area contributed by atoms with Gasteiger partial charge in [-0.05, 0) is 25.5 Å². The number of aryl methyl sites for hydroxylation is 1. The number of phenolic OH excluding ortho intramolecular Hbond substituents is 1. The lowest BCUT2D eigenvalue weighted by molar-refractivity contribution is -0.433. The predicted octanol–water partition coefficient (Wildman–Crippen LogP) is 4.06. The van der Waals surface area contributed by atoms with Crippen molar-refractivity contribution >= 4 is 0 Å². The number of nitro groups is 1. The molecule has 0 saturated heterocycles. The first-order valence-corrected chi connectivity index (χ1v) is 8.71. The van der Waals surface area contributed by atoms with Crippen LogP contribution < -0.4 is 10.1 Å². The molecule has 2 aromatic carbocycles. The van der Waals surface area contributed by atoms with Gasteiger partial charge in [-0.1, -0.05) is 49.2 Å². The van der Waals surface area contributed by atoms with E-state index in [0.29, 0.717) is 23.4 Å². The van der Waals surface area contributed by atoms with E-state index in [1.54, 1.807) is 30.3 Å². The first-order valence-electron chi connectivity index (χ1n) is 8.71. The average Bonchev–Trinajstić information content (AvgIpc) is 2.62. The van der Waals surface area contributed by atoms with Gasteiger partial charge < -0.3 is 15.2 Å². The third kappa shape index (κ3) is 3.35. The molecule has 3 rings (SSSR count). The van der Waals surface area contributed by atoms with Crippen LogP contribution in [-0.2, 0) is 0 Å². The Bertz CT molecular complexity index is 861. The highest BCUT2D eigenvalue weighted by molar-refractivity contribution is 5.54. The molecule has 0 spiro atoms. The van der Waals surface area contributed by atoms with Gasteiger partial charge in [-0.2, -0.15) is 0 Å². The van der Waals surface area contributed by atoms with E-state index in [-0.39, 0.29) is 17.3 Å². The molecule has 6 heteroatoms. The minimum absolute atomic E-state index is 0.0320. The van der Waals surface area contributed by atoms with E-state index in [2.05, 4.69) is 12.2 Å². The minimum atomic E-state index is -0.709. The third-order valence-electron chi connectivity index (χ3n) is 4.45. The molecule has 1 atom stereocenters. The van der Waals surface area contributed by atoms with Crippen LogP contribution in [0.25, 0.3) is 0 Å². The summed E-state index contributed by atoms with van der Waals surface area (Å²) in [5, 5.41) is 25.4. The molecular weight excluding hydrogens is 332 g/mol. The van der Waals surface area contributed by atoms with Crippen molar-refractivity contribution in [3.63, 3.8) is 0 Å². The van der Waals surface area contributed by atoms with Gasteiger partial charge in [-0.15, -0.1) is 0 Å². The molecule has 2 N–H and O–H groups in total. The number of fused-ring (bicyclic) bond motifs is 1. The highest BCUT2D eigenvalue weighted by Gasteiger charge is 2.40. The van der Waals surface area contributed by atoms with Crippen molar-refractivity contribution in [3.05, 3.63) is 80.8 Å². The molecule has 0 aliphatic carbocycles. The Balaban J connectivity index is 2.18. The zero-order valence-corrected chi connectivity index (χ0v) is 14.9. The van der Waals surface area contributed by atoms with Crippen molar-refractivity contribution in [1.29, 1.82) is 0 Å². The van der Waals surface area contributed by atoms with E-state index in [1.165, 1.54) is 0 Å². The lowest BCUT2D eigenvalue weighted by Crippen LogP contribution is -2.30. The maximum atomic E-state index is 11.9. The fourth-order valence-corrected chi connectivity index (χ4v) is 3.17. The van der Waals surface area contributed by atoms with Crippen molar-refractivity contribution in [2.24, 2.45) is 0 Å². The first kappa shape index (κ1) is 17.8. The number of ether oxygens (including phenoxy) is 1. The average molecular weight is 354 g/mol. The Morgan fingerprint density at radius 2 is 2.00 bits per heavy atom. The summed E-state index contributed by atoms with van der Waals surface area (Å²) in [6, 6.07) is 12.4. The first-order chi connectivity index (χ1) is 12.5. The van der Waals surface area contributed by atoms with Crippen LogP contribution in [0.3, 0.4) is 0 Å². The summed E-state index contributed by atoms with van der Waals surface area (Å²) in [5.41, 5.74) is 2.01. The van der Waals surface area contributed by atoms with E-state index < -0.39 is 10.8 Å². The van der Waals surface area contributed by atoms with Gasteiger partial charge in [0.2, 0.25) is 0 Å². The van der Waals surface area contributed by atoms with Gasteiger partial charge >= 0.3 is 5.70 Å². The number of hydrogen-bond donors (Lipinski definition) is 2. The highest BCUT2D eigenvalue weighted by Crippen LogP contribution is 2.45. The van der Waals surface area contributed by atoms with Crippen molar-refractivity contribution in [2.75, 3.05) is 6.54 Å². The molecule has 0 saturated carbocycles. The SMILES string of the molecule is CCCCNC1=C([N+](=O)[O-])C(c2cc(C)ccc2O)c2ccccc2O1. The molecule has 0 radical (unpaired) electrons. The number of phenols is 1. The van der Waals surface area contributed by atoms with Crippen molar-refractivity contribution in [2.45, 2.75) is 32.6 Å². The summed E-state index contributed by atoms with van der Waals surface area (Å²) < 4.78 is 5.82. The number of rotatable bonds is 6. The number of para-hydroxylation sites is 1. The summed E-state index contributed by atoms with van der Waals surface area (Å²) in [6.45, 7) is 4.52. The molecule has 0 bridgehead atoms. The standard InChI is InChI=1S/C20H22N2O4/c1-3-4-11-21-20-19(22(24)25)18(14-7-5-6-8-17(14)26-20)15-12-13(2)9-10-16(15)23/h5-10,12,18,21,23H,3-4,11H2,1-2H3. The van der Waals surface area contributed by atoms with Gasteiger partial charge in [0.15, 0.2) is 0 Å². The fraction of sp³-hybridized carbons (Fsp3) is 0.300. The van der Waals surface area contributed by atoms with Crippen LogP contribution in [0, 0.1) is 17.0 Å². The Hall–Kier alpha value is -3.02. The quantitative estimate of drug-likeness (QED) is 0.464. The van der Waals surface area contributed by atoms with E-state index in [1.807, 2.05) is 19.1 Å². The summed E-state index contributed by atoms with van der Waals surface area (Å²) in [7, 11) is 0. The topological polar surface area (TPSA) is 84.6 Å². The summed E-state index contributed by atoms with van der Waals surface area (Å²) in [5.74, 6) is 0.0274. The minimum Gasteiger partial charge on any atom is -0.508 e. The van der Waals surface area contributed by atoms with Crippen LogP contribution in [0.2, 0.25) is 0 Å². The van der Waals surface area contributed by atoms with Crippen molar-refractivity contribution < 1.29 is 14.8 Å². The normalized spacial score (nSPS) is 16.0. The summed E-state index contributed by atoms with van der Waals surface area (Å²) in [6.07, 6.45) is 1.84. The van der Waals surface area contributed by atoms with Crippen LogP contribution in [0.5, 0.6) is 11.5 Å². The lowest BCUT2D eigenvalue weighted by Gasteiger charge is -2.26. The molecule has 0 aromatic heterocycles. The molecular formula is C20H22N2O4. The number of unbranched alkanes of at least 4 members (excludes halogenated alkanes) is 1. The van der Waals surface area contributed by atoms with E-state index >= 15 is 0 Å². The van der Waals surface area contributed by atoms with Gasteiger partial charge in [0, 0.05) is 17.7 Å². The Morgan fingerprint density at radius 3 is 2.73 bits per heavy atom. The maximum Gasteiger partial charge on any atom is 0.317 e. The van der Waals surface area contributed by atoms with Crippen LogP contribution in [-0.4, -0.2) is 16.6 Å².